The summed E-state index contributed by atoms with van der Waals surface area (Å²) in [6.45, 7) is 2.27. The van der Waals surface area contributed by atoms with Crippen molar-refractivity contribution in [2.75, 3.05) is 0 Å². The number of nitrogens with one attached hydrogen (secondary N) is 2. The normalized spacial score (nSPS) is 17.5. The molecule has 1 saturated heterocycles. The van der Waals surface area contributed by atoms with E-state index in [9.17, 15) is 14.4 Å². The van der Waals surface area contributed by atoms with Gasteiger partial charge in [0.05, 0.1) is 6.04 Å². The Kier molecular flexibility index (Phi) is 5.86. The molecule has 2 aromatic rings. The maximum atomic E-state index is 12.6. The molecule has 2 aromatic carbocycles. The average Bonchev–Trinajstić information content (AvgIpc) is 2.99. The molecule has 0 aromatic heterocycles. The lowest BCUT2D eigenvalue weighted by molar-refractivity contribution is -0.129. The summed E-state index contributed by atoms with van der Waals surface area (Å²) in [7, 11) is 0. The monoisotopic (exact) mass is 365 g/mol. The van der Waals surface area contributed by atoms with Gasteiger partial charge in [0.25, 0.3) is 5.91 Å². The summed E-state index contributed by atoms with van der Waals surface area (Å²) in [5.41, 5.74) is 1.90. The Bertz CT molecular complexity index is 808. The van der Waals surface area contributed by atoms with Crippen LogP contribution in [0.2, 0.25) is 0 Å². The van der Waals surface area contributed by atoms with Gasteiger partial charge < -0.3 is 10.6 Å². The van der Waals surface area contributed by atoms with Gasteiger partial charge in [0.2, 0.25) is 5.91 Å². The number of carbonyl (C=O) groups is 3. The number of urea groups is 1. The Morgan fingerprint density at radius 2 is 1.70 bits per heavy atom. The van der Waals surface area contributed by atoms with Crippen LogP contribution in [0.15, 0.2) is 60.7 Å². The Balaban J connectivity index is 1.52. The minimum absolute atomic E-state index is 0.143. The number of imide groups is 1. The molecular formula is C21H23N3O3. The molecule has 140 valence electrons. The van der Waals surface area contributed by atoms with E-state index >= 15 is 0 Å². The van der Waals surface area contributed by atoms with E-state index in [1.807, 2.05) is 67.6 Å². The molecule has 0 unspecified atom stereocenters. The van der Waals surface area contributed by atoms with Gasteiger partial charge in [-0.05, 0) is 24.5 Å². The second-order valence-corrected chi connectivity index (χ2v) is 6.60. The van der Waals surface area contributed by atoms with E-state index in [0.717, 1.165) is 11.1 Å². The van der Waals surface area contributed by atoms with Crippen LogP contribution in [0.25, 0.3) is 0 Å². The molecule has 2 atom stereocenters. The summed E-state index contributed by atoms with van der Waals surface area (Å²) < 4.78 is 0. The largest absolute Gasteiger partial charge is 0.352 e. The predicted molar refractivity (Wildman–Crippen MR) is 102 cm³/mol. The molecule has 6 nitrogen and oxygen atoms in total. The van der Waals surface area contributed by atoms with Crippen LogP contribution in [-0.4, -0.2) is 28.8 Å². The van der Waals surface area contributed by atoms with Gasteiger partial charge in [-0.2, -0.15) is 0 Å². The first-order chi connectivity index (χ1) is 13.1. The molecule has 2 N–H and O–H groups in total. The van der Waals surface area contributed by atoms with Crippen LogP contribution in [0.1, 0.15) is 36.9 Å². The molecular weight excluding hydrogens is 342 g/mol. The standard InChI is InChI=1S/C21H23N3O3/c1-15(17-10-6-3-7-11-17)24-20(26)18(23-21(24)27)12-13-19(25)22-14-16-8-4-2-5-9-16/h2-11,15,18H,12-14H2,1H3,(H,22,25)(H,23,27)/t15-,18+/m1/s1. The number of rotatable bonds is 7. The lowest BCUT2D eigenvalue weighted by atomic mass is 10.1. The van der Waals surface area contributed by atoms with Crippen LogP contribution >= 0.6 is 0 Å². The van der Waals surface area contributed by atoms with Gasteiger partial charge in [0.15, 0.2) is 0 Å². The summed E-state index contributed by atoms with van der Waals surface area (Å²) in [6.07, 6.45) is 0.459. The first-order valence-corrected chi connectivity index (χ1v) is 9.05. The zero-order chi connectivity index (χ0) is 19.2. The molecule has 1 heterocycles. The second kappa shape index (κ2) is 8.49. The quantitative estimate of drug-likeness (QED) is 0.741. The lowest BCUT2D eigenvalue weighted by Gasteiger charge is -2.21. The van der Waals surface area contributed by atoms with Gasteiger partial charge in [-0.3, -0.25) is 14.5 Å². The van der Waals surface area contributed by atoms with Crippen LogP contribution < -0.4 is 10.6 Å². The molecule has 0 bridgehead atoms. The van der Waals surface area contributed by atoms with Crippen molar-refractivity contribution in [2.24, 2.45) is 0 Å². The van der Waals surface area contributed by atoms with Gasteiger partial charge in [0.1, 0.15) is 6.04 Å². The van der Waals surface area contributed by atoms with Crippen molar-refractivity contribution in [1.29, 1.82) is 0 Å². The van der Waals surface area contributed by atoms with E-state index in [-0.39, 0.29) is 30.7 Å². The number of hydrogen-bond acceptors (Lipinski definition) is 3. The topological polar surface area (TPSA) is 78.5 Å². The van der Waals surface area contributed by atoms with Crippen LogP contribution in [0.4, 0.5) is 4.79 Å². The molecule has 0 spiro atoms. The molecule has 1 aliphatic heterocycles. The zero-order valence-electron chi connectivity index (χ0n) is 15.2. The Morgan fingerprint density at radius 1 is 1.07 bits per heavy atom. The van der Waals surface area contributed by atoms with Crippen LogP contribution in [0.3, 0.4) is 0 Å². The number of amides is 4. The highest BCUT2D eigenvalue weighted by atomic mass is 16.2. The fourth-order valence-electron chi connectivity index (χ4n) is 3.15. The minimum atomic E-state index is -0.661. The van der Waals surface area contributed by atoms with Gasteiger partial charge in [-0.1, -0.05) is 60.7 Å². The summed E-state index contributed by atoms with van der Waals surface area (Å²) in [5, 5.41) is 5.52. The maximum Gasteiger partial charge on any atom is 0.325 e. The van der Waals surface area contributed by atoms with Gasteiger partial charge in [-0.25, -0.2) is 4.79 Å². The summed E-state index contributed by atoms with van der Waals surface area (Å²) in [6, 6.07) is 17.6. The van der Waals surface area contributed by atoms with Crippen molar-refractivity contribution in [3.8, 4) is 0 Å². The molecule has 4 amide bonds. The van der Waals surface area contributed by atoms with E-state index in [1.165, 1.54) is 4.90 Å². The highest BCUT2D eigenvalue weighted by Gasteiger charge is 2.40. The summed E-state index contributed by atoms with van der Waals surface area (Å²) in [5.74, 6) is -0.428. The van der Waals surface area contributed by atoms with Crippen molar-refractivity contribution < 1.29 is 14.4 Å². The SMILES string of the molecule is C[C@H](c1ccccc1)N1C(=O)N[C@@H](CCC(=O)NCc2ccccc2)C1=O. The van der Waals surface area contributed by atoms with Gasteiger partial charge in [-0.15, -0.1) is 0 Å². The maximum absolute atomic E-state index is 12.6. The van der Waals surface area contributed by atoms with Crippen molar-refractivity contribution in [2.45, 2.75) is 38.4 Å². The highest BCUT2D eigenvalue weighted by molar-refractivity contribution is 6.04. The van der Waals surface area contributed by atoms with E-state index in [4.69, 9.17) is 0 Å². The van der Waals surface area contributed by atoms with Crippen molar-refractivity contribution >= 4 is 17.8 Å². The summed E-state index contributed by atoms with van der Waals surface area (Å²) >= 11 is 0. The van der Waals surface area contributed by atoms with Gasteiger partial charge in [0, 0.05) is 13.0 Å². The molecule has 6 heteroatoms. The summed E-state index contributed by atoms with van der Waals surface area (Å²) in [4.78, 5) is 38.2. The fraction of sp³-hybridized carbons (Fsp3) is 0.286. The van der Waals surface area contributed by atoms with Gasteiger partial charge >= 0.3 is 6.03 Å². The molecule has 0 saturated carbocycles. The first kappa shape index (κ1) is 18.6. The third-order valence-corrected chi connectivity index (χ3v) is 4.71. The number of benzene rings is 2. The molecule has 0 aliphatic carbocycles. The van der Waals surface area contributed by atoms with E-state index in [2.05, 4.69) is 10.6 Å². The molecule has 1 aliphatic rings. The van der Waals surface area contributed by atoms with E-state index in [1.54, 1.807) is 0 Å². The predicted octanol–water partition coefficient (Wildman–Crippen LogP) is 2.76. The smallest absolute Gasteiger partial charge is 0.325 e. The Morgan fingerprint density at radius 3 is 2.37 bits per heavy atom. The number of carbonyl (C=O) groups excluding carboxylic acids is 3. The third kappa shape index (κ3) is 4.53. The lowest BCUT2D eigenvalue weighted by Crippen LogP contribution is -2.34. The van der Waals surface area contributed by atoms with Crippen LogP contribution in [0.5, 0.6) is 0 Å². The Labute approximate surface area is 158 Å². The molecule has 27 heavy (non-hydrogen) atoms. The average molecular weight is 365 g/mol. The fourth-order valence-corrected chi connectivity index (χ4v) is 3.15. The molecule has 3 rings (SSSR count). The van der Waals surface area contributed by atoms with E-state index in [0.29, 0.717) is 6.54 Å². The van der Waals surface area contributed by atoms with Crippen LogP contribution in [-0.2, 0) is 16.1 Å². The first-order valence-electron chi connectivity index (χ1n) is 9.05. The third-order valence-electron chi connectivity index (χ3n) is 4.71. The van der Waals surface area contributed by atoms with E-state index < -0.39 is 12.1 Å². The number of nitrogens with zero attached hydrogens (tertiary/aromatic N) is 1. The second-order valence-electron chi connectivity index (χ2n) is 6.60. The minimum Gasteiger partial charge on any atom is -0.352 e. The molecule has 1 fully saturated rings. The van der Waals surface area contributed by atoms with Crippen molar-refractivity contribution in [3.63, 3.8) is 0 Å². The molecule has 0 radical (unpaired) electrons. The zero-order valence-corrected chi connectivity index (χ0v) is 15.2. The van der Waals surface area contributed by atoms with Crippen molar-refractivity contribution in [1.82, 2.24) is 15.5 Å². The number of hydrogen-bond donors (Lipinski definition) is 2. The van der Waals surface area contributed by atoms with Crippen molar-refractivity contribution in [3.05, 3.63) is 71.8 Å². The Hall–Kier alpha value is -3.15. The van der Waals surface area contributed by atoms with Crippen LogP contribution in [0, 0.1) is 0 Å². The highest BCUT2D eigenvalue weighted by Crippen LogP contribution is 2.25.